The third kappa shape index (κ3) is 4.29. The van der Waals surface area contributed by atoms with Crippen LogP contribution in [0.4, 0.5) is 5.82 Å². The number of fused-ring (bicyclic) bond motifs is 1. The quantitative estimate of drug-likeness (QED) is 0.679. The van der Waals surface area contributed by atoms with E-state index < -0.39 is 10.0 Å². The topological polar surface area (TPSA) is 92.7 Å². The Morgan fingerprint density at radius 1 is 1.19 bits per heavy atom. The highest BCUT2D eigenvalue weighted by molar-refractivity contribution is 7.89. The van der Waals surface area contributed by atoms with E-state index in [9.17, 15) is 13.2 Å². The maximum Gasteiger partial charge on any atom is 0.233 e. The number of nitrogens with zero attached hydrogens (tertiary/aromatic N) is 4. The van der Waals surface area contributed by atoms with Gasteiger partial charge in [0.05, 0.1) is 25.8 Å². The number of rotatable bonds is 6. The highest BCUT2D eigenvalue weighted by Gasteiger charge is 2.34. The zero-order valence-electron chi connectivity index (χ0n) is 18.2. The molecule has 0 saturated carbocycles. The third-order valence-corrected chi connectivity index (χ3v) is 7.95. The summed E-state index contributed by atoms with van der Waals surface area (Å²) in [5, 5.41) is 0. The van der Waals surface area contributed by atoms with Crippen LogP contribution in [0.2, 0.25) is 0 Å². The van der Waals surface area contributed by atoms with Crippen LogP contribution in [0.5, 0.6) is 5.75 Å². The molecule has 31 heavy (non-hydrogen) atoms. The Labute approximate surface area is 183 Å². The van der Waals surface area contributed by atoms with Crippen molar-refractivity contribution >= 4 is 21.7 Å². The maximum absolute atomic E-state index is 12.8. The lowest BCUT2D eigenvalue weighted by Crippen LogP contribution is -2.40. The van der Waals surface area contributed by atoms with Crippen molar-refractivity contribution in [2.24, 2.45) is 0 Å². The number of carbonyl (C=O) groups excluding carboxylic acids is 1. The van der Waals surface area contributed by atoms with E-state index in [1.807, 2.05) is 31.2 Å². The highest BCUT2D eigenvalue weighted by Crippen LogP contribution is 2.34. The van der Waals surface area contributed by atoms with Gasteiger partial charge in [0.15, 0.2) is 0 Å². The number of carbonyl (C=O) groups is 1. The fraction of sp³-hybridized carbons (Fsp3) is 0.500. The van der Waals surface area contributed by atoms with Crippen molar-refractivity contribution in [3.63, 3.8) is 0 Å². The lowest BCUT2D eigenvalue weighted by atomic mass is 9.98. The lowest BCUT2D eigenvalue weighted by molar-refractivity contribution is -0.117. The van der Waals surface area contributed by atoms with E-state index in [2.05, 4.69) is 4.98 Å². The van der Waals surface area contributed by atoms with Gasteiger partial charge in [-0.25, -0.2) is 22.7 Å². The normalized spacial score (nSPS) is 19.5. The van der Waals surface area contributed by atoms with Gasteiger partial charge in [-0.1, -0.05) is 12.1 Å². The Kier molecular flexibility index (Phi) is 5.98. The average molecular weight is 445 g/mol. The van der Waals surface area contributed by atoms with Crippen LogP contribution < -0.4 is 9.64 Å². The summed E-state index contributed by atoms with van der Waals surface area (Å²) < 4.78 is 31.5. The van der Waals surface area contributed by atoms with Gasteiger partial charge >= 0.3 is 0 Å². The van der Waals surface area contributed by atoms with Crippen molar-refractivity contribution in [2.45, 2.75) is 45.6 Å². The molecular weight excluding hydrogens is 416 g/mol. The first-order chi connectivity index (χ1) is 14.8. The molecule has 2 aliphatic heterocycles. The molecule has 1 aromatic carbocycles. The van der Waals surface area contributed by atoms with Gasteiger partial charge < -0.3 is 4.74 Å². The fourth-order valence-electron chi connectivity index (χ4n) is 4.24. The number of benzene rings is 1. The molecule has 0 radical (unpaired) electrons. The molecular formula is C22H28N4O4S. The predicted octanol–water partition coefficient (Wildman–Crippen LogP) is 2.41. The van der Waals surface area contributed by atoms with Gasteiger partial charge in [0.1, 0.15) is 17.4 Å². The second kappa shape index (κ2) is 8.55. The molecule has 1 aromatic heterocycles. The molecule has 0 spiro atoms. The Balaban J connectivity index is 1.62. The van der Waals surface area contributed by atoms with Gasteiger partial charge in [-0.3, -0.25) is 9.69 Å². The summed E-state index contributed by atoms with van der Waals surface area (Å²) in [7, 11) is -1.63. The summed E-state index contributed by atoms with van der Waals surface area (Å²) in [6, 6.07) is 7.62. The average Bonchev–Trinajstić information content (AvgIpc) is 3.10. The first-order valence-electron chi connectivity index (χ1n) is 10.6. The van der Waals surface area contributed by atoms with Crippen molar-refractivity contribution in [3.8, 4) is 5.75 Å². The standard InChI is InChI=1S/C22H28N4O4S/c1-4-31(28,29)25-11-5-6-17(14-25)21-23-15(2)19-12-20(27)26(22(19)24-21)13-16-7-9-18(30-3)10-8-16/h7-10,17H,4-6,11-14H2,1-3H3/t17-/m1/s1. The maximum atomic E-state index is 12.8. The van der Waals surface area contributed by atoms with Crippen LogP contribution in [0, 0.1) is 6.92 Å². The SMILES string of the molecule is CCS(=O)(=O)N1CCC[C@@H](c2nc(C)c3c(n2)N(Cc2ccc(OC)cc2)C(=O)C3)C1. The van der Waals surface area contributed by atoms with Crippen LogP contribution in [-0.2, 0) is 27.8 Å². The minimum atomic E-state index is -3.25. The minimum Gasteiger partial charge on any atom is -0.497 e. The first-order valence-corrected chi connectivity index (χ1v) is 12.2. The molecule has 0 N–H and O–H groups in total. The van der Waals surface area contributed by atoms with Crippen LogP contribution in [0.1, 0.15) is 48.3 Å². The molecule has 8 nitrogen and oxygen atoms in total. The molecule has 2 aromatic rings. The molecule has 1 atom stereocenters. The Morgan fingerprint density at radius 2 is 1.94 bits per heavy atom. The van der Waals surface area contributed by atoms with Crippen molar-refractivity contribution in [1.82, 2.24) is 14.3 Å². The smallest absolute Gasteiger partial charge is 0.233 e. The van der Waals surface area contributed by atoms with Gasteiger partial charge in [0.25, 0.3) is 0 Å². The van der Waals surface area contributed by atoms with Gasteiger partial charge in [-0.2, -0.15) is 0 Å². The second-order valence-corrected chi connectivity index (χ2v) is 10.3. The molecule has 1 fully saturated rings. The van der Waals surface area contributed by atoms with Crippen LogP contribution in [0.25, 0.3) is 0 Å². The number of sulfonamides is 1. The molecule has 1 saturated heterocycles. The molecule has 0 unspecified atom stereocenters. The molecule has 4 rings (SSSR count). The predicted molar refractivity (Wildman–Crippen MR) is 118 cm³/mol. The van der Waals surface area contributed by atoms with Crippen LogP contribution >= 0.6 is 0 Å². The van der Waals surface area contributed by atoms with Crippen LogP contribution in [0.3, 0.4) is 0 Å². The number of anilines is 1. The zero-order chi connectivity index (χ0) is 22.2. The minimum absolute atomic E-state index is 0.000741. The van der Waals surface area contributed by atoms with Gasteiger partial charge in [0, 0.05) is 30.3 Å². The molecule has 2 aliphatic rings. The number of ether oxygens (including phenoxy) is 1. The van der Waals surface area contributed by atoms with E-state index >= 15 is 0 Å². The van der Waals surface area contributed by atoms with E-state index in [1.165, 1.54) is 0 Å². The molecule has 166 valence electrons. The molecule has 0 aliphatic carbocycles. The second-order valence-electron chi connectivity index (χ2n) is 8.07. The zero-order valence-corrected chi connectivity index (χ0v) is 19.0. The highest BCUT2D eigenvalue weighted by atomic mass is 32.2. The Hall–Kier alpha value is -2.52. The summed E-state index contributed by atoms with van der Waals surface area (Å²) in [6.07, 6.45) is 1.90. The van der Waals surface area contributed by atoms with Crippen molar-refractivity contribution in [1.29, 1.82) is 0 Å². The Bertz CT molecular complexity index is 1090. The monoisotopic (exact) mass is 444 g/mol. The number of aromatic nitrogens is 2. The summed E-state index contributed by atoms with van der Waals surface area (Å²) in [5.74, 6) is 2.06. The first kappa shape index (κ1) is 21.7. The molecule has 1 amide bonds. The third-order valence-electron chi connectivity index (χ3n) is 6.10. The molecule has 9 heteroatoms. The lowest BCUT2D eigenvalue weighted by Gasteiger charge is -2.31. The van der Waals surface area contributed by atoms with E-state index in [4.69, 9.17) is 9.72 Å². The summed E-state index contributed by atoms with van der Waals surface area (Å²) >= 11 is 0. The number of aryl methyl sites for hydroxylation is 1. The van der Waals surface area contributed by atoms with Crippen LogP contribution in [0.15, 0.2) is 24.3 Å². The summed E-state index contributed by atoms with van der Waals surface area (Å²) in [4.78, 5) is 23.9. The van der Waals surface area contributed by atoms with Crippen molar-refractivity contribution < 1.29 is 17.9 Å². The number of hydrogen-bond acceptors (Lipinski definition) is 6. The van der Waals surface area contributed by atoms with Gasteiger partial charge in [-0.15, -0.1) is 0 Å². The van der Waals surface area contributed by atoms with E-state index in [-0.39, 0.29) is 17.6 Å². The van der Waals surface area contributed by atoms with E-state index in [0.29, 0.717) is 37.7 Å². The van der Waals surface area contributed by atoms with Crippen LogP contribution in [-0.4, -0.2) is 54.6 Å². The van der Waals surface area contributed by atoms with Crippen molar-refractivity contribution in [2.75, 3.05) is 30.9 Å². The number of amides is 1. The van der Waals surface area contributed by atoms with Gasteiger partial charge in [0.2, 0.25) is 15.9 Å². The Morgan fingerprint density at radius 3 is 2.61 bits per heavy atom. The fourth-order valence-corrected chi connectivity index (χ4v) is 5.42. The number of hydrogen-bond donors (Lipinski definition) is 0. The number of methoxy groups -OCH3 is 1. The summed E-state index contributed by atoms with van der Waals surface area (Å²) in [6.45, 7) is 4.92. The molecule has 3 heterocycles. The molecule has 0 bridgehead atoms. The number of piperidine rings is 1. The van der Waals surface area contributed by atoms with Crippen molar-refractivity contribution in [3.05, 3.63) is 46.9 Å². The summed E-state index contributed by atoms with van der Waals surface area (Å²) in [5.41, 5.74) is 2.63. The van der Waals surface area contributed by atoms with Gasteiger partial charge in [-0.05, 0) is 44.4 Å². The largest absolute Gasteiger partial charge is 0.497 e. The van der Waals surface area contributed by atoms with E-state index in [0.717, 1.165) is 35.4 Å². The van der Waals surface area contributed by atoms with E-state index in [1.54, 1.807) is 23.2 Å².